The van der Waals surface area contributed by atoms with Crippen molar-refractivity contribution in [3.63, 3.8) is 0 Å². The van der Waals surface area contributed by atoms with E-state index in [9.17, 15) is 13.2 Å². The zero-order valence-electron chi connectivity index (χ0n) is 16.8. The van der Waals surface area contributed by atoms with Gasteiger partial charge in [0.05, 0.1) is 18.8 Å². The van der Waals surface area contributed by atoms with Gasteiger partial charge in [0.1, 0.15) is 5.82 Å². The maximum atomic E-state index is 12.7. The summed E-state index contributed by atoms with van der Waals surface area (Å²) in [6.45, 7) is 11.7. The predicted molar refractivity (Wildman–Crippen MR) is 104 cm³/mol. The van der Waals surface area contributed by atoms with Crippen molar-refractivity contribution in [3.8, 4) is 0 Å². The number of anilines is 1. The lowest BCUT2D eigenvalue weighted by Crippen LogP contribution is -2.51. The first-order chi connectivity index (χ1) is 13.2. The fourth-order valence-electron chi connectivity index (χ4n) is 3.93. The summed E-state index contributed by atoms with van der Waals surface area (Å²) >= 11 is 0. The minimum Gasteiger partial charge on any atom is -0.379 e. The van der Waals surface area contributed by atoms with Crippen molar-refractivity contribution in [2.75, 3.05) is 57.4 Å². The van der Waals surface area contributed by atoms with Crippen LogP contribution in [0.3, 0.4) is 0 Å². The minimum absolute atomic E-state index is 0.145. The molecule has 0 bridgehead atoms. The third kappa shape index (κ3) is 6.06. The molecule has 2 fully saturated rings. The zero-order chi connectivity index (χ0) is 20.2. The minimum atomic E-state index is -4.34. The number of piperidine rings is 1. The fraction of sp³-hybridized carbons (Fsp3) is 0.750. The Morgan fingerprint density at radius 3 is 2.57 bits per heavy atom. The summed E-state index contributed by atoms with van der Waals surface area (Å²) in [5.74, 6) is 0.618. The molecule has 3 heterocycles. The average Bonchev–Trinajstić information content (AvgIpc) is 2.67. The molecule has 1 atom stereocenters. The van der Waals surface area contributed by atoms with Gasteiger partial charge in [-0.2, -0.15) is 13.2 Å². The van der Waals surface area contributed by atoms with Gasteiger partial charge in [-0.15, -0.1) is 0 Å². The van der Waals surface area contributed by atoms with Crippen LogP contribution in [0.4, 0.5) is 19.0 Å². The summed E-state index contributed by atoms with van der Waals surface area (Å²) in [6, 6.07) is 2.92. The number of hydrogen-bond acceptors (Lipinski definition) is 5. The lowest BCUT2D eigenvalue weighted by Gasteiger charge is -2.38. The molecule has 0 radical (unpaired) electrons. The molecule has 5 nitrogen and oxygen atoms in total. The number of rotatable bonds is 6. The molecule has 1 aromatic heterocycles. The van der Waals surface area contributed by atoms with E-state index in [-0.39, 0.29) is 5.41 Å². The molecular formula is C20H31F3N4O. The van der Waals surface area contributed by atoms with Gasteiger partial charge < -0.3 is 15.0 Å². The molecule has 2 aliphatic heterocycles. The van der Waals surface area contributed by atoms with E-state index in [1.165, 1.54) is 6.07 Å². The molecule has 1 N–H and O–H groups in total. The number of nitrogens with zero attached hydrogens (tertiary/aromatic N) is 3. The highest BCUT2D eigenvalue weighted by molar-refractivity contribution is 5.40. The Morgan fingerprint density at radius 1 is 1.18 bits per heavy atom. The summed E-state index contributed by atoms with van der Waals surface area (Å²) in [4.78, 5) is 8.58. The van der Waals surface area contributed by atoms with E-state index in [0.29, 0.717) is 11.9 Å². The molecule has 0 aromatic carbocycles. The molecule has 1 unspecified atom stereocenters. The van der Waals surface area contributed by atoms with Crippen LogP contribution in [0.2, 0.25) is 0 Å². The van der Waals surface area contributed by atoms with E-state index >= 15 is 0 Å². The summed E-state index contributed by atoms with van der Waals surface area (Å²) in [5.41, 5.74) is -0.556. The van der Waals surface area contributed by atoms with Gasteiger partial charge in [-0.3, -0.25) is 4.90 Å². The molecule has 1 aromatic rings. The van der Waals surface area contributed by atoms with Crippen molar-refractivity contribution >= 4 is 5.82 Å². The SMILES string of the molecule is CC(C)(CNC1CCCN(c2ccc(C(F)(F)F)cn2)C1)CN1CCOCC1. The second-order valence-electron chi connectivity index (χ2n) is 8.62. The normalized spacial score (nSPS) is 22.5. The monoisotopic (exact) mass is 400 g/mol. The van der Waals surface area contributed by atoms with E-state index in [0.717, 1.165) is 77.6 Å². The van der Waals surface area contributed by atoms with E-state index in [4.69, 9.17) is 4.74 Å². The number of hydrogen-bond donors (Lipinski definition) is 1. The molecule has 3 rings (SSSR count). The number of ether oxygens (including phenoxy) is 1. The second kappa shape index (κ2) is 8.97. The molecule has 28 heavy (non-hydrogen) atoms. The largest absolute Gasteiger partial charge is 0.417 e. The van der Waals surface area contributed by atoms with E-state index < -0.39 is 11.7 Å². The Bertz CT molecular complexity index is 615. The van der Waals surface area contributed by atoms with Crippen molar-refractivity contribution in [1.82, 2.24) is 15.2 Å². The number of halogens is 3. The molecule has 0 amide bonds. The summed E-state index contributed by atoms with van der Waals surface area (Å²) < 4.78 is 43.6. The first-order valence-corrected chi connectivity index (χ1v) is 10.0. The predicted octanol–water partition coefficient (Wildman–Crippen LogP) is 3.02. The van der Waals surface area contributed by atoms with Gasteiger partial charge in [0.2, 0.25) is 0 Å². The van der Waals surface area contributed by atoms with Crippen LogP contribution in [0.5, 0.6) is 0 Å². The van der Waals surface area contributed by atoms with Gasteiger partial charge in [-0.1, -0.05) is 13.8 Å². The Labute approximate surface area is 165 Å². The smallest absolute Gasteiger partial charge is 0.379 e. The van der Waals surface area contributed by atoms with Crippen LogP contribution in [0.15, 0.2) is 18.3 Å². The maximum absolute atomic E-state index is 12.7. The van der Waals surface area contributed by atoms with Crippen molar-refractivity contribution in [2.24, 2.45) is 5.41 Å². The molecule has 8 heteroatoms. The fourth-order valence-corrected chi connectivity index (χ4v) is 3.93. The van der Waals surface area contributed by atoms with Crippen molar-refractivity contribution < 1.29 is 17.9 Å². The highest BCUT2D eigenvalue weighted by Gasteiger charge is 2.31. The van der Waals surface area contributed by atoms with Gasteiger partial charge >= 0.3 is 6.18 Å². The van der Waals surface area contributed by atoms with Crippen LogP contribution in [-0.4, -0.2) is 68.4 Å². The lowest BCUT2D eigenvalue weighted by atomic mass is 9.91. The zero-order valence-corrected chi connectivity index (χ0v) is 16.8. The molecule has 0 aliphatic carbocycles. The third-order valence-electron chi connectivity index (χ3n) is 5.45. The van der Waals surface area contributed by atoms with Gasteiger partial charge in [0, 0.05) is 51.5 Å². The van der Waals surface area contributed by atoms with E-state index in [1.54, 1.807) is 0 Å². The maximum Gasteiger partial charge on any atom is 0.417 e. The van der Waals surface area contributed by atoms with Crippen LogP contribution < -0.4 is 10.2 Å². The Morgan fingerprint density at radius 2 is 1.93 bits per heavy atom. The van der Waals surface area contributed by atoms with Crippen LogP contribution >= 0.6 is 0 Å². The standard InChI is InChI=1S/C20H31F3N4O/c1-19(2,15-26-8-10-28-11-9-26)14-25-17-4-3-7-27(13-17)18-6-5-16(12-24-18)20(21,22)23/h5-6,12,17,25H,3-4,7-11,13-15H2,1-2H3. The number of aromatic nitrogens is 1. The Kier molecular flexibility index (Phi) is 6.83. The van der Waals surface area contributed by atoms with Crippen molar-refractivity contribution in [1.29, 1.82) is 0 Å². The van der Waals surface area contributed by atoms with Crippen LogP contribution in [0, 0.1) is 5.41 Å². The first-order valence-electron chi connectivity index (χ1n) is 10.0. The Hall–Kier alpha value is -1.38. The van der Waals surface area contributed by atoms with E-state index in [1.807, 2.05) is 0 Å². The van der Waals surface area contributed by atoms with Crippen LogP contribution in [0.25, 0.3) is 0 Å². The average molecular weight is 400 g/mol. The van der Waals surface area contributed by atoms with E-state index in [2.05, 4.69) is 33.9 Å². The van der Waals surface area contributed by atoms with Gasteiger partial charge in [-0.25, -0.2) is 4.98 Å². The molecular weight excluding hydrogens is 369 g/mol. The van der Waals surface area contributed by atoms with Crippen molar-refractivity contribution in [2.45, 2.75) is 38.9 Å². The number of nitrogens with one attached hydrogen (secondary N) is 1. The summed E-state index contributed by atoms with van der Waals surface area (Å²) in [5, 5.41) is 3.68. The highest BCUT2D eigenvalue weighted by Crippen LogP contribution is 2.30. The third-order valence-corrected chi connectivity index (χ3v) is 5.45. The second-order valence-corrected chi connectivity index (χ2v) is 8.62. The lowest BCUT2D eigenvalue weighted by molar-refractivity contribution is -0.137. The number of pyridine rings is 1. The molecule has 2 saturated heterocycles. The van der Waals surface area contributed by atoms with Gasteiger partial charge in [0.25, 0.3) is 0 Å². The number of alkyl halides is 3. The quantitative estimate of drug-likeness (QED) is 0.795. The van der Waals surface area contributed by atoms with Gasteiger partial charge in [0.15, 0.2) is 0 Å². The van der Waals surface area contributed by atoms with Crippen LogP contribution in [0.1, 0.15) is 32.3 Å². The van der Waals surface area contributed by atoms with Gasteiger partial charge in [-0.05, 0) is 30.4 Å². The Balaban J connectivity index is 1.50. The molecule has 158 valence electrons. The summed E-state index contributed by atoms with van der Waals surface area (Å²) in [7, 11) is 0. The topological polar surface area (TPSA) is 40.6 Å². The van der Waals surface area contributed by atoms with Crippen LogP contribution in [-0.2, 0) is 10.9 Å². The highest BCUT2D eigenvalue weighted by atomic mass is 19.4. The molecule has 2 aliphatic rings. The molecule has 0 saturated carbocycles. The first kappa shape index (κ1) is 21.3. The summed E-state index contributed by atoms with van der Waals surface area (Å²) in [6.07, 6.45) is -1.34. The van der Waals surface area contributed by atoms with Crippen molar-refractivity contribution in [3.05, 3.63) is 23.9 Å². The number of morpholine rings is 1. The molecule has 0 spiro atoms.